The van der Waals surface area contributed by atoms with E-state index in [9.17, 15) is 4.79 Å². The number of thiazole rings is 1. The number of nitrogens with zero attached hydrogens (tertiary/aromatic N) is 1. The fourth-order valence-corrected chi connectivity index (χ4v) is 3.37. The molecule has 2 N–H and O–H groups in total. The van der Waals surface area contributed by atoms with Gasteiger partial charge >= 0.3 is 0 Å². The quantitative estimate of drug-likeness (QED) is 0.683. The van der Waals surface area contributed by atoms with Crippen molar-refractivity contribution in [1.29, 1.82) is 0 Å². The maximum atomic E-state index is 12.1. The summed E-state index contributed by atoms with van der Waals surface area (Å²) in [6.07, 6.45) is 0. The zero-order valence-electron chi connectivity index (χ0n) is 13.5. The molecule has 1 amide bonds. The predicted octanol–water partition coefficient (Wildman–Crippen LogP) is 3.44. The molecule has 0 aliphatic heterocycles. The van der Waals surface area contributed by atoms with E-state index in [4.69, 9.17) is 21.7 Å². The van der Waals surface area contributed by atoms with Gasteiger partial charge in [-0.3, -0.25) is 10.1 Å². The molecule has 6 nitrogen and oxygen atoms in total. The van der Waals surface area contributed by atoms with Crippen molar-refractivity contribution in [2.75, 3.05) is 19.5 Å². The summed E-state index contributed by atoms with van der Waals surface area (Å²) in [6, 6.07) is 12.5. The van der Waals surface area contributed by atoms with Gasteiger partial charge in [0.1, 0.15) is 17.0 Å². The maximum Gasteiger partial charge on any atom is 0.257 e. The van der Waals surface area contributed by atoms with Crippen molar-refractivity contribution in [3.05, 3.63) is 48.0 Å². The first-order chi connectivity index (χ1) is 12.1. The molecule has 1 heterocycles. The second kappa shape index (κ2) is 7.45. The second-order valence-corrected chi connectivity index (χ2v) is 6.41. The van der Waals surface area contributed by atoms with Gasteiger partial charge in [-0.2, -0.15) is 0 Å². The van der Waals surface area contributed by atoms with Crippen LogP contribution in [0.4, 0.5) is 5.13 Å². The first kappa shape index (κ1) is 17.1. The van der Waals surface area contributed by atoms with E-state index < -0.39 is 0 Å². The van der Waals surface area contributed by atoms with Gasteiger partial charge in [0.25, 0.3) is 5.91 Å². The Morgan fingerprint density at radius 3 is 2.60 bits per heavy atom. The van der Waals surface area contributed by atoms with Gasteiger partial charge in [0.15, 0.2) is 10.2 Å². The van der Waals surface area contributed by atoms with Crippen molar-refractivity contribution in [3.63, 3.8) is 0 Å². The highest BCUT2D eigenvalue weighted by Gasteiger charge is 2.13. The summed E-state index contributed by atoms with van der Waals surface area (Å²) in [5.41, 5.74) is 1.23. The number of thiocarbonyl (C=S) groups is 1. The molecule has 3 aromatic rings. The summed E-state index contributed by atoms with van der Waals surface area (Å²) in [4.78, 5) is 16.6. The van der Waals surface area contributed by atoms with Crippen LogP contribution in [0.25, 0.3) is 10.2 Å². The number of hydrogen-bond donors (Lipinski definition) is 2. The summed E-state index contributed by atoms with van der Waals surface area (Å²) in [7, 11) is 3.17. The summed E-state index contributed by atoms with van der Waals surface area (Å²) in [6.45, 7) is 0. The van der Waals surface area contributed by atoms with Crippen LogP contribution in [0.15, 0.2) is 42.5 Å². The molecular formula is C17H15N3O3S2. The minimum atomic E-state index is -0.279. The van der Waals surface area contributed by atoms with Crippen molar-refractivity contribution < 1.29 is 14.3 Å². The van der Waals surface area contributed by atoms with Crippen molar-refractivity contribution in [3.8, 4) is 11.5 Å². The highest BCUT2D eigenvalue weighted by Crippen LogP contribution is 2.36. The number of anilines is 1. The van der Waals surface area contributed by atoms with E-state index in [1.165, 1.54) is 11.3 Å². The second-order valence-electron chi connectivity index (χ2n) is 4.97. The maximum absolute atomic E-state index is 12.1. The number of rotatable bonds is 4. The lowest BCUT2D eigenvalue weighted by Gasteiger charge is -2.06. The van der Waals surface area contributed by atoms with Gasteiger partial charge in [0.05, 0.1) is 18.9 Å². The number of methoxy groups -OCH3 is 2. The van der Waals surface area contributed by atoms with E-state index in [1.54, 1.807) is 44.6 Å². The fraction of sp³-hybridized carbons (Fsp3) is 0.118. The predicted molar refractivity (Wildman–Crippen MR) is 103 cm³/mol. The highest BCUT2D eigenvalue weighted by atomic mass is 32.1. The van der Waals surface area contributed by atoms with Crippen molar-refractivity contribution in [2.45, 2.75) is 0 Å². The van der Waals surface area contributed by atoms with E-state index in [-0.39, 0.29) is 11.0 Å². The number of aromatic nitrogens is 1. The van der Waals surface area contributed by atoms with Crippen LogP contribution in [0.2, 0.25) is 0 Å². The van der Waals surface area contributed by atoms with Crippen LogP contribution in [0.1, 0.15) is 10.4 Å². The van der Waals surface area contributed by atoms with Crippen LogP contribution in [0.3, 0.4) is 0 Å². The van der Waals surface area contributed by atoms with Gasteiger partial charge in [0.2, 0.25) is 0 Å². The molecule has 0 saturated heterocycles. The van der Waals surface area contributed by atoms with Crippen LogP contribution in [0.5, 0.6) is 11.5 Å². The largest absolute Gasteiger partial charge is 0.497 e. The highest BCUT2D eigenvalue weighted by molar-refractivity contribution is 7.80. The normalized spacial score (nSPS) is 10.3. The molecule has 0 unspecified atom stereocenters. The third kappa shape index (κ3) is 3.86. The Kier molecular flexibility index (Phi) is 5.11. The molecule has 3 rings (SSSR count). The molecule has 0 fully saturated rings. The summed E-state index contributed by atoms with van der Waals surface area (Å²) in [5.74, 6) is 1.01. The van der Waals surface area contributed by atoms with Crippen LogP contribution in [-0.4, -0.2) is 30.2 Å². The molecule has 1 aromatic heterocycles. The SMILES string of the molecule is COc1cc(OC)c2nc(NC(=S)NC(=O)c3ccccc3)sc2c1. The average Bonchev–Trinajstić information content (AvgIpc) is 3.03. The number of ether oxygens (including phenoxy) is 2. The molecular weight excluding hydrogens is 358 g/mol. The standard InChI is InChI=1S/C17H15N3O3S2/c1-22-11-8-12(23-2)14-13(9-11)25-17(18-14)20-16(24)19-15(21)10-6-4-3-5-7-10/h3-9H,1-2H3,(H2,18,19,20,21,24). The molecule has 8 heteroatoms. The molecule has 0 radical (unpaired) electrons. The van der Waals surface area contributed by atoms with E-state index in [0.29, 0.717) is 27.7 Å². The van der Waals surface area contributed by atoms with Crippen LogP contribution < -0.4 is 20.1 Å². The molecule has 0 aliphatic rings. The van der Waals surface area contributed by atoms with Gasteiger partial charge in [-0.1, -0.05) is 29.5 Å². The Balaban J connectivity index is 1.76. The Labute approximate surface area is 153 Å². The minimum absolute atomic E-state index is 0.179. The number of fused-ring (bicyclic) bond motifs is 1. The van der Waals surface area contributed by atoms with Crippen LogP contribution >= 0.6 is 23.6 Å². The zero-order chi connectivity index (χ0) is 17.8. The fourth-order valence-electron chi connectivity index (χ4n) is 2.19. The first-order valence-electron chi connectivity index (χ1n) is 7.30. The molecule has 128 valence electrons. The Hall–Kier alpha value is -2.71. The van der Waals surface area contributed by atoms with Crippen molar-refractivity contribution >= 4 is 49.9 Å². The van der Waals surface area contributed by atoms with Gasteiger partial charge in [0, 0.05) is 11.6 Å². The van der Waals surface area contributed by atoms with Gasteiger partial charge in [-0.25, -0.2) is 4.98 Å². The van der Waals surface area contributed by atoms with Crippen molar-refractivity contribution in [1.82, 2.24) is 10.3 Å². The molecule has 25 heavy (non-hydrogen) atoms. The van der Waals surface area contributed by atoms with Gasteiger partial charge < -0.3 is 14.8 Å². The molecule has 0 saturated carbocycles. The topological polar surface area (TPSA) is 72.5 Å². The molecule has 0 spiro atoms. The lowest BCUT2D eigenvalue weighted by Crippen LogP contribution is -2.34. The average molecular weight is 373 g/mol. The number of benzene rings is 2. The number of carbonyl (C=O) groups excluding carboxylic acids is 1. The van der Waals surface area contributed by atoms with Crippen molar-refractivity contribution in [2.24, 2.45) is 0 Å². The van der Waals surface area contributed by atoms with E-state index in [1.807, 2.05) is 12.1 Å². The summed E-state index contributed by atoms with van der Waals surface area (Å²) in [5, 5.41) is 6.30. The molecule has 0 bridgehead atoms. The third-order valence-corrected chi connectivity index (χ3v) is 4.49. The van der Waals surface area contributed by atoms with Gasteiger partial charge in [-0.15, -0.1) is 0 Å². The number of nitrogens with one attached hydrogen (secondary N) is 2. The number of carbonyl (C=O) groups is 1. The lowest BCUT2D eigenvalue weighted by atomic mass is 10.2. The Morgan fingerprint density at radius 2 is 1.92 bits per heavy atom. The van der Waals surface area contributed by atoms with E-state index in [0.717, 1.165) is 4.70 Å². The molecule has 0 aliphatic carbocycles. The Morgan fingerprint density at radius 1 is 1.16 bits per heavy atom. The zero-order valence-corrected chi connectivity index (χ0v) is 15.2. The van der Waals surface area contributed by atoms with Gasteiger partial charge in [-0.05, 0) is 30.4 Å². The van der Waals surface area contributed by atoms with Crippen LogP contribution in [-0.2, 0) is 0 Å². The Bertz CT molecular complexity index is 926. The summed E-state index contributed by atoms with van der Waals surface area (Å²) < 4.78 is 11.5. The summed E-state index contributed by atoms with van der Waals surface area (Å²) >= 11 is 6.58. The number of amides is 1. The van der Waals surface area contributed by atoms with Crippen LogP contribution in [0, 0.1) is 0 Å². The smallest absolute Gasteiger partial charge is 0.257 e. The molecule has 2 aromatic carbocycles. The van der Waals surface area contributed by atoms with E-state index in [2.05, 4.69) is 15.6 Å². The van der Waals surface area contributed by atoms with E-state index >= 15 is 0 Å². The third-order valence-electron chi connectivity index (χ3n) is 3.37. The lowest BCUT2D eigenvalue weighted by molar-refractivity contribution is 0.0977. The molecule has 0 atom stereocenters. The number of hydrogen-bond acceptors (Lipinski definition) is 6. The first-order valence-corrected chi connectivity index (χ1v) is 8.53. The minimum Gasteiger partial charge on any atom is -0.497 e. The monoisotopic (exact) mass is 373 g/mol.